The summed E-state index contributed by atoms with van der Waals surface area (Å²) in [6.45, 7) is 1.75. The van der Waals surface area contributed by atoms with Crippen LogP contribution in [0.15, 0.2) is 53.3 Å². The van der Waals surface area contributed by atoms with Gasteiger partial charge in [-0.25, -0.2) is 0 Å². The second-order valence-electron chi connectivity index (χ2n) is 4.87. The summed E-state index contributed by atoms with van der Waals surface area (Å²) in [5.74, 6) is 0. The summed E-state index contributed by atoms with van der Waals surface area (Å²) in [7, 11) is 0. The van der Waals surface area contributed by atoms with Crippen molar-refractivity contribution in [1.29, 1.82) is 0 Å². The Kier molecular flexibility index (Phi) is 4.02. The van der Waals surface area contributed by atoms with E-state index in [9.17, 15) is 10.0 Å². The molecular formula is C16H13IN2O3. The third-order valence-corrected chi connectivity index (χ3v) is 4.11. The maximum Gasteiger partial charge on any atom is 0.352 e. The molecule has 5 nitrogen and oxygen atoms in total. The number of para-hydroxylation sites is 2. The molecule has 1 heterocycles. The normalized spacial score (nSPS) is 10.8. The quantitative estimate of drug-likeness (QED) is 0.379. The largest absolute Gasteiger partial charge is 0.618 e. The van der Waals surface area contributed by atoms with E-state index in [-0.39, 0.29) is 12.3 Å². The molecule has 3 aromatic rings. The van der Waals surface area contributed by atoms with Gasteiger partial charge in [-0.15, -0.1) is 4.73 Å². The molecule has 6 heteroatoms. The lowest BCUT2D eigenvalue weighted by Crippen LogP contribution is -2.43. The van der Waals surface area contributed by atoms with Gasteiger partial charge in [0, 0.05) is 16.6 Å². The molecule has 0 radical (unpaired) electrons. The monoisotopic (exact) mass is 408 g/mol. The lowest BCUT2D eigenvalue weighted by atomic mass is 10.2. The van der Waals surface area contributed by atoms with Gasteiger partial charge in [0.1, 0.15) is 6.61 Å². The molecule has 112 valence electrons. The van der Waals surface area contributed by atoms with Crippen LogP contribution >= 0.6 is 22.6 Å². The summed E-state index contributed by atoms with van der Waals surface area (Å²) in [6.07, 6.45) is 0. The van der Waals surface area contributed by atoms with Crippen molar-refractivity contribution in [2.24, 2.45) is 0 Å². The van der Waals surface area contributed by atoms with Crippen molar-refractivity contribution in [2.75, 3.05) is 0 Å². The lowest BCUT2D eigenvalue weighted by molar-refractivity contribution is -0.586. The molecule has 0 atom stereocenters. The molecule has 0 saturated carbocycles. The highest BCUT2D eigenvalue weighted by molar-refractivity contribution is 14.1. The first kappa shape index (κ1) is 14.8. The number of hydrogen-bond acceptors (Lipinski definition) is 3. The topological polar surface area (TPSA) is 58.2 Å². The molecule has 1 aromatic heterocycles. The van der Waals surface area contributed by atoms with Crippen molar-refractivity contribution in [3.8, 4) is 0 Å². The fraction of sp³-hybridized carbons (Fsp3) is 0.125. The molecule has 0 N–H and O–H groups in total. The smallest absolute Gasteiger partial charge is 0.352 e. The molecule has 3 rings (SSSR count). The number of rotatable bonds is 3. The second-order valence-corrected chi connectivity index (χ2v) is 6.11. The highest BCUT2D eigenvalue weighted by atomic mass is 127. The number of hydrogen-bond donors (Lipinski definition) is 0. The Bertz CT molecular complexity index is 888. The molecule has 0 aliphatic heterocycles. The molecule has 2 aromatic carbocycles. The van der Waals surface area contributed by atoms with Crippen molar-refractivity contribution in [1.82, 2.24) is 4.73 Å². The number of fused-ring (bicyclic) bond motifs is 1. The Morgan fingerprint density at radius 2 is 1.86 bits per heavy atom. The van der Waals surface area contributed by atoms with Gasteiger partial charge in [0.25, 0.3) is 5.69 Å². The van der Waals surface area contributed by atoms with Crippen molar-refractivity contribution >= 4 is 33.6 Å². The Labute approximate surface area is 140 Å². The van der Waals surface area contributed by atoms with E-state index in [4.69, 9.17) is 4.84 Å². The molecule has 0 saturated heterocycles. The first-order chi connectivity index (χ1) is 10.6. The van der Waals surface area contributed by atoms with Gasteiger partial charge in [0.05, 0.1) is 0 Å². The third-order valence-electron chi connectivity index (χ3n) is 3.39. The fourth-order valence-corrected chi connectivity index (χ4v) is 2.54. The van der Waals surface area contributed by atoms with Crippen LogP contribution in [0.2, 0.25) is 0 Å². The van der Waals surface area contributed by atoms with Gasteiger partial charge in [-0.05, 0) is 46.4 Å². The molecule has 0 aliphatic rings. The minimum atomic E-state index is -0.445. The number of halogens is 1. The average Bonchev–Trinajstić information content (AvgIpc) is 2.54. The maximum atomic E-state index is 12.3. The van der Waals surface area contributed by atoms with Crippen molar-refractivity contribution in [3.05, 3.63) is 78.9 Å². The summed E-state index contributed by atoms with van der Waals surface area (Å²) >= 11 is 2.23. The lowest BCUT2D eigenvalue weighted by Gasteiger charge is -2.13. The molecule has 0 unspecified atom stereocenters. The molecule has 0 fully saturated rings. The van der Waals surface area contributed by atoms with E-state index in [1.54, 1.807) is 24.3 Å². The van der Waals surface area contributed by atoms with Gasteiger partial charge in [0.2, 0.25) is 5.52 Å². The van der Waals surface area contributed by atoms with Crippen LogP contribution in [0, 0.1) is 15.7 Å². The van der Waals surface area contributed by atoms with Gasteiger partial charge in [-0.2, -0.15) is 4.73 Å². The summed E-state index contributed by atoms with van der Waals surface area (Å²) in [6, 6.07) is 14.7. The van der Waals surface area contributed by atoms with E-state index in [0.717, 1.165) is 9.13 Å². The van der Waals surface area contributed by atoms with Gasteiger partial charge < -0.3 is 10.0 Å². The zero-order valence-electron chi connectivity index (χ0n) is 11.8. The molecular weight excluding hydrogens is 395 g/mol. The Morgan fingerprint density at radius 1 is 1.18 bits per heavy atom. The van der Waals surface area contributed by atoms with E-state index in [1.165, 1.54) is 11.7 Å². The summed E-state index contributed by atoms with van der Waals surface area (Å²) < 4.78 is 2.96. The number of benzene rings is 2. The van der Waals surface area contributed by atoms with E-state index in [0.29, 0.717) is 15.8 Å². The van der Waals surface area contributed by atoms with Crippen LogP contribution in [-0.4, -0.2) is 4.73 Å². The first-order valence-electron chi connectivity index (χ1n) is 6.69. The number of nitrogens with zero attached hydrogens (tertiary/aromatic N) is 2. The standard InChI is InChI=1S/C16H13IN2O3/c1-11-16(20)19(15-5-3-2-4-14(15)18(11)21)22-10-12-6-8-13(17)9-7-12/h2-9H,10H2,1H3. The van der Waals surface area contributed by atoms with Crippen molar-refractivity contribution < 1.29 is 9.57 Å². The van der Waals surface area contributed by atoms with Gasteiger partial charge >= 0.3 is 5.56 Å². The summed E-state index contributed by atoms with van der Waals surface area (Å²) in [5, 5.41) is 12.1. The highest BCUT2D eigenvalue weighted by Crippen LogP contribution is 2.09. The molecule has 22 heavy (non-hydrogen) atoms. The van der Waals surface area contributed by atoms with E-state index in [2.05, 4.69) is 22.6 Å². The van der Waals surface area contributed by atoms with Crippen LogP contribution in [0.5, 0.6) is 0 Å². The zero-order chi connectivity index (χ0) is 15.7. The van der Waals surface area contributed by atoms with E-state index >= 15 is 0 Å². The first-order valence-corrected chi connectivity index (χ1v) is 7.77. The van der Waals surface area contributed by atoms with Crippen LogP contribution in [-0.2, 0) is 6.61 Å². The second kappa shape index (κ2) is 5.96. The highest BCUT2D eigenvalue weighted by Gasteiger charge is 2.17. The van der Waals surface area contributed by atoms with E-state index in [1.807, 2.05) is 24.3 Å². The molecule has 0 spiro atoms. The van der Waals surface area contributed by atoms with Gasteiger partial charge in [0.15, 0.2) is 5.52 Å². The van der Waals surface area contributed by atoms with E-state index < -0.39 is 5.56 Å². The molecule has 0 aliphatic carbocycles. The Balaban J connectivity index is 2.03. The Hall–Kier alpha value is -2.09. The molecule has 0 amide bonds. The maximum absolute atomic E-state index is 12.3. The summed E-state index contributed by atoms with van der Waals surface area (Å²) in [5.41, 5.74) is 1.45. The summed E-state index contributed by atoms with van der Waals surface area (Å²) in [4.78, 5) is 18.0. The SMILES string of the molecule is Cc1c(=O)n(OCc2ccc(I)cc2)c2ccccc2[n+]1[O-]. The average molecular weight is 408 g/mol. The van der Waals surface area contributed by atoms with Gasteiger partial charge in [-0.3, -0.25) is 4.79 Å². The fourth-order valence-electron chi connectivity index (χ4n) is 2.18. The van der Waals surface area contributed by atoms with Crippen LogP contribution in [0.1, 0.15) is 11.3 Å². The zero-order valence-corrected chi connectivity index (χ0v) is 14.0. The minimum Gasteiger partial charge on any atom is -0.618 e. The van der Waals surface area contributed by atoms with Gasteiger partial charge in [-0.1, -0.05) is 24.3 Å². The van der Waals surface area contributed by atoms with Crippen LogP contribution in [0.3, 0.4) is 0 Å². The molecule has 0 bridgehead atoms. The van der Waals surface area contributed by atoms with Crippen molar-refractivity contribution in [3.63, 3.8) is 0 Å². The van der Waals surface area contributed by atoms with Crippen molar-refractivity contribution in [2.45, 2.75) is 13.5 Å². The van der Waals surface area contributed by atoms with Crippen LogP contribution in [0.25, 0.3) is 11.0 Å². The van der Waals surface area contributed by atoms with Crippen LogP contribution in [0.4, 0.5) is 0 Å². The predicted octanol–water partition coefficient (Wildman–Crippen LogP) is 2.18. The Morgan fingerprint density at radius 3 is 2.59 bits per heavy atom. The minimum absolute atomic E-state index is 0.0845. The predicted molar refractivity (Wildman–Crippen MR) is 91.3 cm³/mol. The number of aromatic nitrogens is 2. The third kappa shape index (κ3) is 2.66. The van der Waals surface area contributed by atoms with Crippen LogP contribution < -0.4 is 15.1 Å².